The van der Waals surface area contributed by atoms with Gasteiger partial charge in [0.15, 0.2) is 23.6 Å². The van der Waals surface area contributed by atoms with Gasteiger partial charge in [0.25, 0.3) is 5.91 Å². The minimum absolute atomic E-state index is 0.0302. The van der Waals surface area contributed by atoms with Crippen molar-refractivity contribution in [2.45, 2.75) is 121 Å². The van der Waals surface area contributed by atoms with E-state index in [-0.39, 0.29) is 48.1 Å². The molecule has 2 fully saturated rings. The summed E-state index contributed by atoms with van der Waals surface area (Å²) in [4.78, 5) is 81.5. The monoisotopic (exact) mass is 869 g/mol. The number of Topliss-reactive ketones (excluding diaryl/α,β-unsaturated/α-hetero) is 1. The van der Waals surface area contributed by atoms with E-state index in [9.17, 15) is 44.1 Å². The molecule has 3 aromatic rings. The van der Waals surface area contributed by atoms with Crippen molar-refractivity contribution in [1.82, 2.24) is 5.32 Å². The maximum Gasteiger partial charge on any atom is 0.338 e. The smallest absolute Gasteiger partial charge is 0.338 e. The fourth-order valence-electron chi connectivity index (χ4n) is 9.43. The van der Waals surface area contributed by atoms with E-state index in [1.165, 1.54) is 26.0 Å². The first-order valence-electron chi connectivity index (χ1n) is 21.0. The Morgan fingerprint density at radius 3 is 1.97 bits per heavy atom. The highest BCUT2D eigenvalue weighted by Crippen LogP contribution is 2.58. The van der Waals surface area contributed by atoms with Crippen LogP contribution in [0.15, 0.2) is 102 Å². The van der Waals surface area contributed by atoms with Crippen LogP contribution in [0.4, 0.5) is 0 Å². The summed E-state index contributed by atoms with van der Waals surface area (Å²) in [6.07, 6.45) is -9.57. The number of hydrogen-bond donors (Lipinski definition) is 4. The predicted octanol–water partition coefficient (Wildman–Crippen LogP) is 4.52. The summed E-state index contributed by atoms with van der Waals surface area (Å²) in [6, 6.07) is 23.0. The lowest BCUT2D eigenvalue weighted by Gasteiger charge is -2.61. The molecule has 63 heavy (non-hydrogen) atoms. The highest BCUT2D eigenvalue weighted by Gasteiger charge is 2.70. The number of rotatable bonds is 15. The van der Waals surface area contributed by atoms with Crippen molar-refractivity contribution in [2.24, 2.45) is 11.3 Å². The second-order valence-electron chi connectivity index (χ2n) is 17.0. The lowest BCUT2D eigenvalue weighted by Crippen LogP contribution is -2.75. The van der Waals surface area contributed by atoms with Crippen molar-refractivity contribution in [2.75, 3.05) is 6.61 Å². The SMILES string of the molecule is CCC(=O)[C@H](OC(C)=O)C1=C(C)[C@@H](OC(=O)[C@H](O)[C@@H](NC(=O)c2ccccc2)c2ccccc2)C[C@@](O)([C@@H](OC(=O)c2ccccc2)C2C[C@@H](O)C[C@H]3OC[C@@]23OC(C)=O)C1(C)C. The van der Waals surface area contributed by atoms with Crippen LogP contribution in [0.5, 0.6) is 0 Å². The quantitative estimate of drug-likeness (QED) is 0.0938. The summed E-state index contributed by atoms with van der Waals surface area (Å²) in [6.45, 7) is 8.38. The van der Waals surface area contributed by atoms with Gasteiger partial charge in [-0.15, -0.1) is 0 Å². The van der Waals surface area contributed by atoms with Gasteiger partial charge in [0, 0.05) is 50.0 Å². The van der Waals surface area contributed by atoms with E-state index < -0.39 is 107 Å². The minimum Gasteiger partial charge on any atom is -0.456 e. The Labute approximate surface area is 365 Å². The number of carbonyl (C=O) groups excluding carboxylic acids is 6. The summed E-state index contributed by atoms with van der Waals surface area (Å²) in [5.74, 6) is -5.97. The normalized spacial score (nSPS) is 26.9. The Morgan fingerprint density at radius 1 is 0.841 bits per heavy atom. The number of carbonyl (C=O) groups is 6. The maximum absolute atomic E-state index is 14.4. The zero-order valence-corrected chi connectivity index (χ0v) is 36.1. The van der Waals surface area contributed by atoms with Gasteiger partial charge in [-0.05, 0) is 54.3 Å². The van der Waals surface area contributed by atoms with Gasteiger partial charge < -0.3 is 44.3 Å². The molecule has 4 N–H and O–H groups in total. The Kier molecular flexibility index (Phi) is 14.1. The first-order chi connectivity index (χ1) is 29.8. The molecular weight excluding hydrogens is 815 g/mol. The molecule has 15 nitrogen and oxygen atoms in total. The summed E-state index contributed by atoms with van der Waals surface area (Å²) < 4.78 is 30.1. The maximum atomic E-state index is 14.4. The van der Waals surface area contributed by atoms with Crippen LogP contribution in [0.25, 0.3) is 0 Å². The van der Waals surface area contributed by atoms with Crippen LogP contribution in [0.3, 0.4) is 0 Å². The Bertz CT molecular complexity index is 2210. The molecule has 2 aliphatic carbocycles. The number of ether oxygens (including phenoxy) is 5. The first-order valence-corrected chi connectivity index (χ1v) is 21.0. The number of hydrogen-bond acceptors (Lipinski definition) is 14. The van der Waals surface area contributed by atoms with Gasteiger partial charge in [0.2, 0.25) is 0 Å². The number of benzene rings is 3. The molecule has 0 spiro atoms. The molecule has 1 saturated carbocycles. The van der Waals surface area contributed by atoms with Gasteiger partial charge in [0.05, 0.1) is 24.3 Å². The Balaban J connectivity index is 1.50. The Hall–Kier alpha value is -5.74. The summed E-state index contributed by atoms with van der Waals surface area (Å²) in [5.41, 5.74) is -4.66. The molecular formula is C48H55NO14. The van der Waals surface area contributed by atoms with Crippen LogP contribution < -0.4 is 5.32 Å². The highest BCUT2D eigenvalue weighted by atomic mass is 16.6. The molecule has 1 unspecified atom stereocenters. The molecule has 3 aromatic carbocycles. The average molecular weight is 870 g/mol. The number of esters is 4. The fraction of sp³-hybridized carbons (Fsp3) is 0.458. The van der Waals surface area contributed by atoms with E-state index in [0.717, 1.165) is 6.92 Å². The van der Waals surface area contributed by atoms with Gasteiger partial charge in [-0.25, -0.2) is 9.59 Å². The number of amides is 1. The van der Waals surface area contributed by atoms with Crippen molar-refractivity contribution in [3.05, 3.63) is 119 Å². The van der Waals surface area contributed by atoms with Crippen LogP contribution in [0.1, 0.15) is 99.5 Å². The minimum atomic E-state index is -2.40. The summed E-state index contributed by atoms with van der Waals surface area (Å²) in [7, 11) is 0. The van der Waals surface area contributed by atoms with Gasteiger partial charge in [-0.3, -0.25) is 19.2 Å². The lowest BCUT2D eigenvalue weighted by atomic mass is 9.53. The van der Waals surface area contributed by atoms with E-state index in [4.69, 9.17) is 23.7 Å². The molecule has 15 heteroatoms. The molecule has 0 bridgehead atoms. The van der Waals surface area contributed by atoms with E-state index in [1.807, 2.05) is 0 Å². The second kappa shape index (κ2) is 18.9. The van der Waals surface area contributed by atoms with Crippen molar-refractivity contribution < 1.29 is 67.8 Å². The molecule has 0 aromatic heterocycles. The van der Waals surface area contributed by atoms with Gasteiger partial charge in [-0.1, -0.05) is 87.5 Å². The third-order valence-corrected chi connectivity index (χ3v) is 12.8. The number of aliphatic hydroxyl groups excluding tert-OH is 2. The molecule has 336 valence electrons. The number of fused-ring (bicyclic) bond motifs is 1. The third kappa shape index (κ3) is 9.33. The third-order valence-electron chi connectivity index (χ3n) is 12.8. The van der Waals surface area contributed by atoms with Crippen LogP contribution >= 0.6 is 0 Å². The van der Waals surface area contributed by atoms with E-state index in [0.29, 0.717) is 5.56 Å². The Morgan fingerprint density at radius 2 is 1.43 bits per heavy atom. The van der Waals surface area contributed by atoms with Gasteiger partial charge in [-0.2, -0.15) is 0 Å². The highest BCUT2D eigenvalue weighted by molar-refractivity contribution is 5.95. The van der Waals surface area contributed by atoms with E-state index in [2.05, 4.69) is 5.32 Å². The molecule has 10 atom stereocenters. The van der Waals surface area contributed by atoms with Gasteiger partial charge in [0.1, 0.15) is 23.9 Å². The first kappa shape index (κ1) is 46.8. The topological polar surface area (TPSA) is 221 Å². The predicted molar refractivity (Wildman–Crippen MR) is 224 cm³/mol. The van der Waals surface area contributed by atoms with Crippen molar-refractivity contribution in [3.8, 4) is 0 Å². The largest absolute Gasteiger partial charge is 0.456 e. The standard InChI is InChI=1S/C48H55NO14/c1-7-35(53)41(60-28(3)50)38-27(2)36(61-45(57)40(54)39(30-17-11-8-12-18-30)49-43(55)31-19-13-9-14-20-31)25-48(58,46(38,5)6)42(62-44(56)32-21-15-10-16-22-32)34-23-33(52)24-37-47(34,26-59-37)63-29(4)51/h8-22,33-34,36-37,39-42,52,54,58H,7,23-26H2,1-6H3,(H,49,55)/t33-,34?,36+,37-,39+,40-,41+,42+,47-,48-/m1/s1. The average Bonchev–Trinajstić information content (AvgIpc) is 3.25. The van der Waals surface area contributed by atoms with Crippen molar-refractivity contribution >= 4 is 35.6 Å². The van der Waals surface area contributed by atoms with Crippen molar-refractivity contribution in [1.29, 1.82) is 0 Å². The van der Waals surface area contributed by atoms with Gasteiger partial charge >= 0.3 is 23.9 Å². The summed E-state index contributed by atoms with van der Waals surface area (Å²) in [5, 5.41) is 39.5. The molecule has 1 aliphatic heterocycles. The lowest BCUT2D eigenvalue weighted by molar-refractivity contribution is -0.320. The molecule has 3 aliphatic rings. The zero-order valence-electron chi connectivity index (χ0n) is 36.1. The van der Waals surface area contributed by atoms with Crippen LogP contribution in [0.2, 0.25) is 0 Å². The molecule has 1 heterocycles. The van der Waals surface area contributed by atoms with Crippen molar-refractivity contribution in [3.63, 3.8) is 0 Å². The van der Waals surface area contributed by atoms with Crippen LogP contribution in [-0.4, -0.2) is 105 Å². The van der Waals surface area contributed by atoms with Crippen LogP contribution in [0, 0.1) is 11.3 Å². The van der Waals surface area contributed by atoms with Crippen LogP contribution in [-0.2, 0) is 42.9 Å². The fourth-order valence-corrected chi connectivity index (χ4v) is 9.43. The molecule has 0 radical (unpaired) electrons. The van der Waals surface area contributed by atoms with E-state index in [1.54, 1.807) is 99.6 Å². The molecule has 1 amide bonds. The molecule has 1 saturated heterocycles. The number of ketones is 1. The number of nitrogens with one attached hydrogen (secondary N) is 1. The summed E-state index contributed by atoms with van der Waals surface area (Å²) >= 11 is 0. The van der Waals surface area contributed by atoms with E-state index >= 15 is 0 Å². The second-order valence-corrected chi connectivity index (χ2v) is 17.0. The number of aliphatic hydroxyl groups is 3. The zero-order chi connectivity index (χ0) is 45.9. The molecule has 6 rings (SSSR count).